The van der Waals surface area contributed by atoms with Crippen molar-refractivity contribution in [2.45, 2.75) is 51.3 Å². The molecule has 0 bridgehead atoms. The van der Waals surface area contributed by atoms with Crippen molar-refractivity contribution in [1.82, 2.24) is 0 Å². The molecule has 30 heavy (non-hydrogen) atoms. The van der Waals surface area contributed by atoms with E-state index in [-0.39, 0.29) is 33.5 Å². The van der Waals surface area contributed by atoms with Crippen LogP contribution in [0.3, 0.4) is 0 Å². The summed E-state index contributed by atoms with van der Waals surface area (Å²) in [5, 5.41) is 0. The van der Waals surface area contributed by atoms with Gasteiger partial charge in [0.1, 0.15) is 4.90 Å². The molecule has 0 radical (unpaired) electrons. The first-order valence-electron chi connectivity index (χ1n) is 9.86. The Bertz CT molecular complexity index is 1010. The third-order valence-corrected chi connectivity index (χ3v) is 5.72. The fourth-order valence-electron chi connectivity index (χ4n) is 2.80. The summed E-state index contributed by atoms with van der Waals surface area (Å²) in [5.41, 5.74) is 1.66. The van der Waals surface area contributed by atoms with Gasteiger partial charge in [0, 0.05) is 6.42 Å². The normalized spacial score (nSPS) is 12.4. The van der Waals surface area contributed by atoms with Crippen LogP contribution in [0.15, 0.2) is 53.4 Å². The van der Waals surface area contributed by atoms with Gasteiger partial charge in [-0.2, -0.15) is 8.42 Å². The molecule has 2 aromatic carbocycles. The summed E-state index contributed by atoms with van der Waals surface area (Å²) < 4.78 is 36.0. The average molecular weight is 431 g/mol. The van der Waals surface area contributed by atoms with Gasteiger partial charge in [0.05, 0.1) is 7.11 Å². The van der Waals surface area contributed by atoms with Crippen LogP contribution in [0.2, 0.25) is 0 Å². The minimum atomic E-state index is -4.01. The fourth-order valence-corrected chi connectivity index (χ4v) is 3.74. The van der Waals surface area contributed by atoms with Crippen LogP contribution in [0.1, 0.15) is 52.2 Å². The quantitative estimate of drug-likeness (QED) is 0.415. The molecule has 0 N–H and O–H groups in total. The van der Waals surface area contributed by atoms with E-state index in [0.717, 1.165) is 5.56 Å². The van der Waals surface area contributed by atoms with E-state index in [9.17, 15) is 13.2 Å². The largest absolute Gasteiger partial charge is 0.493 e. The van der Waals surface area contributed by atoms with Crippen molar-refractivity contribution in [2.24, 2.45) is 5.92 Å². The minimum absolute atomic E-state index is 0.0329. The van der Waals surface area contributed by atoms with Gasteiger partial charge in [-0.25, -0.2) is 0 Å². The lowest BCUT2D eigenvalue weighted by Gasteiger charge is -2.19. The number of ketones is 1. The van der Waals surface area contributed by atoms with E-state index in [1.54, 1.807) is 42.5 Å². The van der Waals surface area contributed by atoms with Gasteiger partial charge in [0.25, 0.3) is 0 Å². The van der Waals surface area contributed by atoms with Gasteiger partial charge in [0.2, 0.25) is 0 Å². The molecule has 5 nitrogen and oxygen atoms in total. The second-order valence-corrected chi connectivity index (χ2v) is 10.2. The first-order chi connectivity index (χ1) is 13.9. The van der Waals surface area contributed by atoms with Crippen molar-refractivity contribution in [3.05, 3.63) is 59.7 Å². The van der Waals surface area contributed by atoms with Gasteiger partial charge in [0.15, 0.2) is 17.3 Å². The van der Waals surface area contributed by atoms with Gasteiger partial charge in [-0.15, -0.1) is 0 Å². The highest BCUT2D eigenvalue weighted by atomic mass is 32.2. The molecule has 0 unspecified atom stereocenters. The Morgan fingerprint density at radius 3 is 2.20 bits per heavy atom. The molecule has 162 valence electrons. The molecule has 2 aromatic rings. The van der Waals surface area contributed by atoms with Crippen LogP contribution in [-0.4, -0.2) is 21.3 Å². The second kappa shape index (κ2) is 9.47. The van der Waals surface area contributed by atoms with Gasteiger partial charge < -0.3 is 8.92 Å². The molecule has 0 saturated carbocycles. The number of hydrogen-bond acceptors (Lipinski definition) is 5. The van der Waals surface area contributed by atoms with Crippen LogP contribution < -0.4 is 8.92 Å². The van der Waals surface area contributed by atoms with Crippen LogP contribution in [-0.2, 0) is 20.3 Å². The highest BCUT2D eigenvalue weighted by Gasteiger charge is 2.21. The Labute approximate surface area is 179 Å². The number of hydrogen-bond donors (Lipinski definition) is 0. The van der Waals surface area contributed by atoms with E-state index in [4.69, 9.17) is 8.92 Å². The molecule has 2 rings (SSSR count). The van der Waals surface area contributed by atoms with E-state index in [1.807, 2.05) is 13.8 Å². The summed E-state index contributed by atoms with van der Waals surface area (Å²) in [4.78, 5) is 11.9. The van der Waals surface area contributed by atoms with Crippen LogP contribution in [0.25, 0.3) is 6.08 Å². The molecule has 0 amide bonds. The lowest BCUT2D eigenvalue weighted by molar-refractivity contribution is -0.115. The monoisotopic (exact) mass is 430 g/mol. The molecule has 0 fully saturated rings. The zero-order valence-corrected chi connectivity index (χ0v) is 19.2. The van der Waals surface area contributed by atoms with E-state index >= 15 is 0 Å². The zero-order chi connectivity index (χ0) is 22.5. The van der Waals surface area contributed by atoms with Crippen LogP contribution in [0.4, 0.5) is 0 Å². The van der Waals surface area contributed by atoms with E-state index in [2.05, 4.69) is 20.8 Å². The Morgan fingerprint density at radius 1 is 1.03 bits per heavy atom. The highest BCUT2D eigenvalue weighted by Crippen LogP contribution is 2.32. The van der Waals surface area contributed by atoms with Crippen LogP contribution in [0, 0.1) is 5.92 Å². The molecule has 0 aliphatic heterocycles. The standard InChI is InChI=1S/C24H30O5S/c1-17(2)15-20(25)11-7-18-8-14-22(23(16-18)28-6)29-30(26,27)21-12-9-19(10-13-21)24(3,4)5/h7-14,16-17H,15H2,1-6H3/b11-7+. The van der Waals surface area contributed by atoms with Crippen molar-refractivity contribution < 1.29 is 22.1 Å². The van der Waals surface area contributed by atoms with Crippen molar-refractivity contribution >= 4 is 22.0 Å². The maximum atomic E-state index is 12.7. The summed E-state index contributed by atoms with van der Waals surface area (Å²) in [6, 6.07) is 11.5. The topological polar surface area (TPSA) is 69.7 Å². The summed E-state index contributed by atoms with van der Waals surface area (Å²) in [6.45, 7) is 10.1. The summed E-state index contributed by atoms with van der Waals surface area (Å²) in [5.74, 6) is 0.673. The Kier molecular flexibility index (Phi) is 7.48. The smallest absolute Gasteiger partial charge is 0.339 e. The summed E-state index contributed by atoms with van der Waals surface area (Å²) in [7, 11) is -2.58. The third-order valence-electron chi connectivity index (χ3n) is 4.47. The van der Waals surface area contributed by atoms with Crippen molar-refractivity contribution in [3.63, 3.8) is 0 Å². The lowest BCUT2D eigenvalue weighted by atomic mass is 9.87. The van der Waals surface area contributed by atoms with Crippen molar-refractivity contribution in [3.8, 4) is 11.5 Å². The number of methoxy groups -OCH3 is 1. The first-order valence-corrected chi connectivity index (χ1v) is 11.3. The van der Waals surface area contributed by atoms with Crippen LogP contribution >= 0.6 is 0 Å². The maximum absolute atomic E-state index is 12.7. The number of ether oxygens (including phenoxy) is 1. The number of allylic oxidation sites excluding steroid dienone is 1. The van der Waals surface area contributed by atoms with Crippen molar-refractivity contribution in [2.75, 3.05) is 7.11 Å². The Morgan fingerprint density at radius 2 is 1.67 bits per heavy atom. The van der Waals surface area contributed by atoms with Gasteiger partial charge in [-0.1, -0.05) is 58.9 Å². The molecule has 0 aliphatic rings. The molecular formula is C24H30O5S. The molecule has 0 heterocycles. The first kappa shape index (κ1) is 23.7. The molecule has 0 spiro atoms. The third kappa shape index (κ3) is 6.46. The second-order valence-electron chi connectivity index (χ2n) is 8.62. The molecule has 6 heteroatoms. The number of benzene rings is 2. The highest BCUT2D eigenvalue weighted by molar-refractivity contribution is 7.87. The van der Waals surface area contributed by atoms with E-state index in [1.165, 1.54) is 19.3 Å². The molecular weight excluding hydrogens is 400 g/mol. The SMILES string of the molecule is COc1cc(/C=C/C(=O)CC(C)C)ccc1OS(=O)(=O)c1ccc(C(C)(C)C)cc1. The Balaban J connectivity index is 2.23. The number of carbonyl (C=O) groups excluding carboxylic acids is 1. The maximum Gasteiger partial charge on any atom is 0.339 e. The van der Waals surface area contributed by atoms with Crippen molar-refractivity contribution in [1.29, 1.82) is 0 Å². The molecule has 0 saturated heterocycles. The summed E-state index contributed by atoms with van der Waals surface area (Å²) >= 11 is 0. The van der Waals surface area contributed by atoms with Gasteiger partial charge >= 0.3 is 10.1 Å². The van der Waals surface area contributed by atoms with E-state index < -0.39 is 10.1 Å². The Hall–Kier alpha value is -2.60. The fraction of sp³-hybridized carbons (Fsp3) is 0.375. The number of carbonyl (C=O) groups is 1. The predicted molar refractivity (Wildman–Crippen MR) is 119 cm³/mol. The van der Waals surface area contributed by atoms with Gasteiger partial charge in [-0.3, -0.25) is 4.79 Å². The molecule has 0 atom stereocenters. The summed E-state index contributed by atoms with van der Waals surface area (Å²) in [6.07, 6.45) is 3.67. The molecule has 0 aliphatic carbocycles. The molecule has 0 aromatic heterocycles. The lowest BCUT2D eigenvalue weighted by Crippen LogP contribution is -2.13. The van der Waals surface area contributed by atoms with Crippen LogP contribution in [0.5, 0.6) is 11.5 Å². The van der Waals surface area contributed by atoms with Gasteiger partial charge in [-0.05, 0) is 52.8 Å². The number of rotatable bonds is 8. The average Bonchev–Trinajstić information content (AvgIpc) is 2.66. The predicted octanol–water partition coefficient (Wildman–Crippen LogP) is 5.39. The minimum Gasteiger partial charge on any atom is -0.493 e. The van der Waals surface area contributed by atoms with E-state index in [0.29, 0.717) is 12.0 Å². The zero-order valence-electron chi connectivity index (χ0n) is 18.4.